The highest BCUT2D eigenvalue weighted by Crippen LogP contribution is 2.31. The van der Waals surface area contributed by atoms with E-state index in [9.17, 15) is 14.4 Å². The summed E-state index contributed by atoms with van der Waals surface area (Å²) in [6.45, 7) is 4.66. The number of pyridine rings is 1. The van der Waals surface area contributed by atoms with Gasteiger partial charge in [-0.3, -0.25) is 9.69 Å². The number of piperazine rings is 1. The molecule has 1 fully saturated rings. The predicted molar refractivity (Wildman–Crippen MR) is 95.9 cm³/mol. The smallest absolute Gasteiger partial charge is 0.270 e. The van der Waals surface area contributed by atoms with Crippen LogP contribution in [0.4, 0.5) is 10.1 Å². The lowest BCUT2D eigenvalue weighted by atomic mass is 10.0. The van der Waals surface area contributed by atoms with Crippen LogP contribution in [0.5, 0.6) is 0 Å². The van der Waals surface area contributed by atoms with E-state index in [1.54, 1.807) is 13.1 Å². The Morgan fingerprint density at radius 2 is 2.16 bits per heavy atom. The monoisotopic (exact) mass is 338 g/mol. The number of anilines is 1. The van der Waals surface area contributed by atoms with Crippen molar-refractivity contribution in [2.75, 3.05) is 31.1 Å². The number of nitriles is 1. The Bertz CT molecular complexity index is 967. The van der Waals surface area contributed by atoms with Crippen LogP contribution in [0.25, 0.3) is 10.9 Å². The van der Waals surface area contributed by atoms with E-state index in [2.05, 4.69) is 10.8 Å². The molecule has 1 aliphatic heterocycles. The third-order valence-electron chi connectivity index (χ3n) is 4.76. The van der Waals surface area contributed by atoms with E-state index >= 15 is 0 Å². The van der Waals surface area contributed by atoms with Gasteiger partial charge in [0, 0.05) is 38.1 Å². The van der Waals surface area contributed by atoms with Gasteiger partial charge in [0.15, 0.2) is 0 Å². The molecule has 2 aromatic rings. The van der Waals surface area contributed by atoms with Crippen LogP contribution in [-0.4, -0.2) is 41.7 Å². The number of halogens is 1. The van der Waals surface area contributed by atoms with E-state index in [-0.39, 0.29) is 17.2 Å². The van der Waals surface area contributed by atoms with Crippen molar-refractivity contribution >= 4 is 16.6 Å². The zero-order valence-corrected chi connectivity index (χ0v) is 14.3. The van der Waals surface area contributed by atoms with Gasteiger partial charge in [-0.15, -0.1) is 6.42 Å². The van der Waals surface area contributed by atoms with E-state index < -0.39 is 5.82 Å². The second kappa shape index (κ2) is 6.58. The van der Waals surface area contributed by atoms with E-state index in [0.717, 1.165) is 13.1 Å². The molecule has 1 aliphatic rings. The van der Waals surface area contributed by atoms with Crippen LogP contribution in [0.15, 0.2) is 23.0 Å². The van der Waals surface area contributed by atoms with Crippen molar-refractivity contribution in [3.05, 3.63) is 39.9 Å². The molecule has 1 unspecified atom stereocenters. The highest BCUT2D eigenvalue weighted by molar-refractivity contribution is 5.95. The maximum absolute atomic E-state index is 13.9. The van der Waals surface area contributed by atoms with Crippen LogP contribution in [0.3, 0.4) is 0 Å². The summed E-state index contributed by atoms with van der Waals surface area (Å²) < 4.78 is 15.3. The lowest BCUT2D eigenvalue weighted by molar-refractivity contribution is 0.254. The van der Waals surface area contributed by atoms with Crippen LogP contribution in [0.2, 0.25) is 0 Å². The number of aryl methyl sites for hydroxylation is 1. The van der Waals surface area contributed by atoms with Gasteiger partial charge in [0.2, 0.25) is 0 Å². The molecular weight excluding hydrogens is 319 g/mol. The Labute approximate surface area is 145 Å². The minimum atomic E-state index is -0.394. The van der Waals surface area contributed by atoms with Crippen molar-refractivity contribution in [1.29, 1.82) is 5.26 Å². The zero-order chi connectivity index (χ0) is 18.1. The van der Waals surface area contributed by atoms with Gasteiger partial charge >= 0.3 is 0 Å². The molecule has 0 radical (unpaired) electrons. The van der Waals surface area contributed by atoms with Crippen molar-refractivity contribution in [2.45, 2.75) is 13.0 Å². The van der Waals surface area contributed by atoms with E-state index in [0.29, 0.717) is 29.7 Å². The number of benzene rings is 1. The van der Waals surface area contributed by atoms with Crippen LogP contribution in [-0.2, 0) is 7.05 Å². The molecule has 128 valence electrons. The number of nitrogens with zero attached hydrogens (tertiary/aromatic N) is 4. The molecule has 0 spiro atoms. The topological polar surface area (TPSA) is 52.3 Å². The average molecular weight is 338 g/mol. The summed E-state index contributed by atoms with van der Waals surface area (Å²) in [5, 5.41) is 10.2. The summed E-state index contributed by atoms with van der Waals surface area (Å²) in [6.07, 6.45) is 5.39. The Kier molecular flexibility index (Phi) is 4.48. The summed E-state index contributed by atoms with van der Waals surface area (Å²) in [6, 6.07) is 6.37. The Morgan fingerprint density at radius 1 is 1.40 bits per heavy atom. The Morgan fingerprint density at radius 3 is 2.80 bits per heavy atom. The number of aromatic nitrogens is 1. The van der Waals surface area contributed by atoms with Gasteiger partial charge in [0.25, 0.3) is 5.56 Å². The third-order valence-corrected chi connectivity index (χ3v) is 4.76. The van der Waals surface area contributed by atoms with Gasteiger partial charge in [-0.25, -0.2) is 4.39 Å². The van der Waals surface area contributed by atoms with Crippen LogP contribution < -0.4 is 10.5 Å². The highest BCUT2D eigenvalue weighted by Gasteiger charge is 2.28. The SMILES string of the molecule is C#CCN1CCN(c2c(C#N)c(=O)n(C)c3ccc(F)cc23)C(C)C1. The van der Waals surface area contributed by atoms with Crippen molar-refractivity contribution in [3.63, 3.8) is 0 Å². The Balaban J connectivity index is 2.21. The summed E-state index contributed by atoms with van der Waals surface area (Å²) in [7, 11) is 1.60. The van der Waals surface area contributed by atoms with E-state index in [4.69, 9.17) is 6.42 Å². The molecule has 1 aromatic carbocycles. The summed E-state index contributed by atoms with van der Waals surface area (Å²) in [5.74, 6) is 2.25. The molecule has 1 saturated heterocycles. The first-order chi connectivity index (χ1) is 12.0. The second-order valence-corrected chi connectivity index (χ2v) is 6.34. The molecule has 5 nitrogen and oxygen atoms in total. The predicted octanol–water partition coefficient (Wildman–Crippen LogP) is 1.69. The minimum Gasteiger partial charge on any atom is -0.364 e. The molecule has 6 heteroatoms. The van der Waals surface area contributed by atoms with Gasteiger partial charge < -0.3 is 9.47 Å². The summed E-state index contributed by atoms with van der Waals surface area (Å²) in [5.41, 5.74) is 0.819. The van der Waals surface area contributed by atoms with Gasteiger partial charge in [0.05, 0.1) is 17.7 Å². The third kappa shape index (κ3) is 2.86. The molecule has 0 saturated carbocycles. The first-order valence-corrected chi connectivity index (χ1v) is 8.12. The number of hydrogen-bond donors (Lipinski definition) is 0. The summed E-state index contributed by atoms with van der Waals surface area (Å²) >= 11 is 0. The molecule has 1 atom stereocenters. The number of hydrogen-bond acceptors (Lipinski definition) is 4. The van der Waals surface area contributed by atoms with Crippen molar-refractivity contribution in [2.24, 2.45) is 7.05 Å². The fourth-order valence-corrected chi connectivity index (χ4v) is 3.54. The lowest BCUT2D eigenvalue weighted by Crippen LogP contribution is -2.52. The standard InChI is InChI=1S/C19H19FN4O/c1-4-7-23-8-9-24(13(2)12-23)18-15-10-14(20)5-6-17(15)22(3)19(25)16(18)11-21/h1,5-6,10,13H,7-9,12H2,2-3H3. The number of rotatable bonds is 2. The van der Waals surface area contributed by atoms with Gasteiger partial charge in [-0.05, 0) is 25.1 Å². The van der Waals surface area contributed by atoms with Gasteiger partial charge in [-0.1, -0.05) is 5.92 Å². The molecule has 0 amide bonds. The molecule has 0 bridgehead atoms. The number of fused-ring (bicyclic) bond motifs is 1. The van der Waals surface area contributed by atoms with Crippen LogP contribution in [0, 0.1) is 29.5 Å². The fourth-order valence-electron chi connectivity index (χ4n) is 3.54. The average Bonchev–Trinajstić information content (AvgIpc) is 2.59. The lowest BCUT2D eigenvalue weighted by Gasteiger charge is -2.41. The normalized spacial score (nSPS) is 18.1. The minimum absolute atomic E-state index is 0.0489. The van der Waals surface area contributed by atoms with Crippen molar-refractivity contribution in [3.8, 4) is 18.4 Å². The second-order valence-electron chi connectivity index (χ2n) is 6.34. The molecule has 2 heterocycles. The maximum Gasteiger partial charge on any atom is 0.270 e. The maximum atomic E-state index is 13.9. The quantitative estimate of drug-likeness (QED) is 0.782. The molecule has 3 rings (SSSR count). The molecule has 0 aliphatic carbocycles. The van der Waals surface area contributed by atoms with Gasteiger partial charge in [0.1, 0.15) is 17.4 Å². The van der Waals surface area contributed by atoms with Crippen molar-refractivity contribution in [1.82, 2.24) is 9.47 Å². The fraction of sp³-hybridized carbons (Fsp3) is 0.368. The Hall–Kier alpha value is -2.83. The highest BCUT2D eigenvalue weighted by atomic mass is 19.1. The molecule has 1 aromatic heterocycles. The number of terminal acetylenes is 1. The first kappa shape index (κ1) is 17.0. The van der Waals surface area contributed by atoms with Crippen molar-refractivity contribution < 1.29 is 4.39 Å². The molecule has 25 heavy (non-hydrogen) atoms. The van der Waals surface area contributed by atoms with Crippen LogP contribution >= 0.6 is 0 Å². The summed E-state index contributed by atoms with van der Waals surface area (Å²) in [4.78, 5) is 16.8. The molecule has 0 N–H and O–H groups in total. The van der Waals surface area contributed by atoms with E-state index in [1.165, 1.54) is 16.7 Å². The first-order valence-electron chi connectivity index (χ1n) is 8.12. The molecular formula is C19H19FN4O. The van der Waals surface area contributed by atoms with Gasteiger partial charge in [-0.2, -0.15) is 5.26 Å². The zero-order valence-electron chi connectivity index (χ0n) is 14.3. The van der Waals surface area contributed by atoms with Crippen LogP contribution in [0.1, 0.15) is 12.5 Å². The largest absolute Gasteiger partial charge is 0.364 e. The van der Waals surface area contributed by atoms with E-state index in [1.807, 2.05) is 17.9 Å².